The number of nitrogens with zero attached hydrogens (tertiary/aromatic N) is 1. The Morgan fingerprint density at radius 2 is 2.00 bits per heavy atom. The van der Waals surface area contributed by atoms with Crippen LogP contribution in [0, 0.1) is 25.7 Å². The van der Waals surface area contributed by atoms with Gasteiger partial charge in [-0.15, -0.1) is 0 Å². The minimum atomic E-state index is -0.469. The molecule has 194 valence electrons. The maximum atomic E-state index is 12.6. The van der Waals surface area contributed by atoms with E-state index in [2.05, 4.69) is 38.2 Å². The van der Waals surface area contributed by atoms with Gasteiger partial charge in [-0.1, -0.05) is 44.4 Å². The van der Waals surface area contributed by atoms with Crippen LogP contribution in [0.5, 0.6) is 0 Å². The monoisotopic (exact) mass is 484 g/mol. The summed E-state index contributed by atoms with van der Waals surface area (Å²) in [6.07, 6.45) is 5.77. The Hall–Kier alpha value is -2.18. The van der Waals surface area contributed by atoms with Crippen LogP contribution in [-0.2, 0) is 20.9 Å². The van der Waals surface area contributed by atoms with Crippen LogP contribution >= 0.6 is 0 Å². The first kappa shape index (κ1) is 27.4. The standard InChI is InChI=1S/C29H44N2O4/c1-19(2)26(28(32)35-29(5,6)7)30-15-14-22-11-9-13-24(17-22)33-18-25-21(4)34-27(31-25)23-12-8-10-20(3)16-23/h8,10,12,16,19,22,24,26,30H,9,11,13-15,17-18H2,1-7H3/t22-,24-,26+/m1/s1. The largest absolute Gasteiger partial charge is 0.459 e. The number of aryl methyl sites for hydroxylation is 2. The van der Waals surface area contributed by atoms with Crippen molar-refractivity contribution in [2.75, 3.05) is 6.54 Å². The Morgan fingerprint density at radius 3 is 2.69 bits per heavy atom. The van der Waals surface area contributed by atoms with Crippen molar-refractivity contribution in [2.24, 2.45) is 11.8 Å². The SMILES string of the molecule is Cc1cccc(-c2nc(CO[C@@H]3CCC[C@H](CCN[C@H](C(=O)OC(C)(C)C)C(C)C)C3)c(C)o2)c1. The van der Waals surface area contributed by atoms with E-state index in [1.165, 1.54) is 18.4 Å². The summed E-state index contributed by atoms with van der Waals surface area (Å²) < 4.78 is 17.8. The normalized spacial score (nSPS) is 19.7. The smallest absolute Gasteiger partial charge is 0.323 e. The molecule has 1 N–H and O–H groups in total. The number of benzene rings is 1. The predicted molar refractivity (Wildman–Crippen MR) is 139 cm³/mol. The van der Waals surface area contributed by atoms with Crippen molar-refractivity contribution in [2.45, 2.75) is 105 Å². The highest BCUT2D eigenvalue weighted by atomic mass is 16.6. The zero-order valence-electron chi connectivity index (χ0n) is 22.6. The third-order valence-electron chi connectivity index (χ3n) is 6.59. The first-order chi connectivity index (χ1) is 16.5. The predicted octanol–water partition coefficient (Wildman–Crippen LogP) is 6.38. The molecule has 35 heavy (non-hydrogen) atoms. The number of ether oxygens (including phenoxy) is 2. The summed E-state index contributed by atoms with van der Waals surface area (Å²) in [6.45, 7) is 15.2. The summed E-state index contributed by atoms with van der Waals surface area (Å²) in [5.74, 6) is 2.09. The Balaban J connectivity index is 1.47. The second-order valence-corrected chi connectivity index (χ2v) is 11.4. The summed E-state index contributed by atoms with van der Waals surface area (Å²) >= 11 is 0. The highest BCUT2D eigenvalue weighted by Gasteiger charge is 2.28. The van der Waals surface area contributed by atoms with Crippen LogP contribution in [0.25, 0.3) is 11.5 Å². The average molecular weight is 485 g/mol. The van der Waals surface area contributed by atoms with Gasteiger partial charge in [0.1, 0.15) is 23.1 Å². The first-order valence-electron chi connectivity index (χ1n) is 13.1. The van der Waals surface area contributed by atoms with Gasteiger partial charge in [-0.3, -0.25) is 4.79 Å². The Kier molecular flexibility index (Phi) is 9.54. The highest BCUT2D eigenvalue weighted by molar-refractivity contribution is 5.76. The number of aromatic nitrogens is 1. The molecule has 0 aliphatic heterocycles. The van der Waals surface area contributed by atoms with E-state index in [1.54, 1.807) is 0 Å². The molecule has 0 amide bonds. The number of carbonyl (C=O) groups is 1. The van der Waals surface area contributed by atoms with E-state index in [9.17, 15) is 4.79 Å². The number of esters is 1. The maximum Gasteiger partial charge on any atom is 0.323 e. The Labute approximate surface area is 211 Å². The van der Waals surface area contributed by atoms with Crippen LogP contribution in [0.15, 0.2) is 28.7 Å². The zero-order valence-corrected chi connectivity index (χ0v) is 22.6. The molecule has 6 nitrogen and oxygen atoms in total. The second kappa shape index (κ2) is 12.2. The lowest BCUT2D eigenvalue weighted by Crippen LogP contribution is -2.45. The Morgan fingerprint density at radius 1 is 1.23 bits per heavy atom. The summed E-state index contributed by atoms with van der Waals surface area (Å²) in [5.41, 5.74) is 2.59. The third-order valence-corrected chi connectivity index (χ3v) is 6.59. The molecule has 0 spiro atoms. The highest BCUT2D eigenvalue weighted by Crippen LogP contribution is 2.30. The fourth-order valence-corrected chi connectivity index (χ4v) is 4.71. The number of oxazole rings is 1. The van der Waals surface area contributed by atoms with Crippen LogP contribution in [0.4, 0.5) is 0 Å². The first-order valence-corrected chi connectivity index (χ1v) is 13.1. The lowest BCUT2D eigenvalue weighted by molar-refractivity contribution is -0.158. The lowest BCUT2D eigenvalue weighted by Gasteiger charge is -2.30. The van der Waals surface area contributed by atoms with E-state index < -0.39 is 5.60 Å². The van der Waals surface area contributed by atoms with E-state index in [-0.39, 0.29) is 24.0 Å². The van der Waals surface area contributed by atoms with Crippen LogP contribution in [0.3, 0.4) is 0 Å². The molecule has 1 aliphatic rings. The lowest BCUT2D eigenvalue weighted by atomic mass is 9.85. The molecule has 1 aromatic carbocycles. The van der Waals surface area contributed by atoms with Gasteiger partial charge in [-0.2, -0.15) is 0 Å². The molecule has 0 radical (unpaired) electrons. The molecule has 0 unspecified atom stereocenters. The van der Waals surface area contributed by atoms with E-state index in [1.807, 2.05) is 39.8 Å². The summed E-state index contributed by atoms with van der Waals surface area (Å²) in [4.78, 5) is 17.3. The molecule has 6 heteroatoms. The molecule has 1 heterocycles. The molecule has 3 rings (SSSR count). The molecule has 1 saturated carbocycles. The summed E-state index contributed by atoms with van der Waals surface area (Å²) in [5, 5.41) is 3.45. The van der Waals surface area contributed by atoms with Crippen LogP contribution in [0.2, 0.25) is 0 Å². The maximum absolute atomic E-state index is 12.6. The number of carbonyl (C=O) groups excluding carboxylic acids is 1. The topological polar surface area (TPSA) is 73.6 Å². The third kappa shape index (κ3) is 8.46. The number of hydrogen-bond acceptors (Lipinski definition) is 6. The molecular formula is C29H44N2O4. The van der Waals surface area contributed by atoms with Crippen molar-refractivity contribution in [3.8, 4) is 11.5 Å². The molecule has 3 atom stereocenters. The molecule has 0 saturated heterocycles. The van der Waals surface area contributed by atoms with E-state index >= 15 is 0 Å². The van der Waals surface area contributed by atoms with Crippen molar-refractivity contribution >= 4 is 5.97 Å². The molecule has 2 aromatic rings. The van der Waals surface area contributed by atoms with Crippen LogP contribution in [0.1, 0.15) is 83.7 Å². The molecule has 1 fully saturated rings. The van der Waals surface area contributed by atoms with Gasteiger partial charge in [-0.05, 0) is 84.4 Å². The van der Waals surface area contributed by atoms with Gasteiger partial charge in [0.05, 0.1) is 12.7 Å². The fourth-order valence-electron chi connectivity index (χ4n) is 4.71. The van der Waals surface area contributed by atoms with Gasteiger partial charge < -0.3 is 19.2 Å². The summed E-state index contributed by atoms with van der Waals surface area (Å²) in [6, 6.07) is 7.92. The van der Waals surface area contributed by atoms with Gasteiger partial charge in [0, 0.05) is 5.56 Å². The van der Waals surface area contributed by atoms with Gasteiger partial charge in [0.2, 0.25) is 5.89 Å². The van der Waals surface area contributed by atoms with E-state index in [0.29, 0.717) is 18.4 Å². The van der Waals surface area contributed by atoms with Gasteiger partial charge in [-0.25, -0.2) is 4.98 Å². The fraction of sp³-hybridized carbons (Fsp3) is 0.655. The number of hydrogen-bond donors (Lipinski definition) is 1. The van der Waals surface area contributed by atoms with Crippen molar-refractivity contribution in [3.63, 3.8) is 0 Å². The van der Waals surface area contributed by atoms with E-state index in [4.69, 9.17) is 18.9 Å². The minimum Gasteiger partial charge on any atom is -0.459 e. The molecule has 1 aromatic heterocycles. The summed E-state index contributed by atoms with van der Waals surface area (Å²) in [7, 11) is 0. The van der Waals surface area contributed by atoms with Crippen molar-refractivity contribution in [1.29, 1.82) is 0 Å². The van der Waals surface area contributed by atoms with Gasteiger partial charge >= 0.3 is 5.97 Å². The number of rotatable bonds is 10. The molecular weight excluding hydrogens is 440 g/mol. The Bertz CT molecular complexity index is 960. The molecule has 1 aliphatic carbocycles. The van der Waals surface area contributed by atoms with Crippen LogP contribution in [-0.4, -0.2) is 35.2 Å². The minimum absolute atomic E-state index is 0.162. The zero-order chi connectivity index (χ0) is 25.6. The van der Waals surface area contributed by atoms with Crippen molar-refractivity contribution in [3.05, 3.63) is 41.3 Å². The quantitative estimate of drug-likeness (QED) is 0.395. The van der Waals surface area contributed by atoms with Crippen LogP contribution < -0.4 is 5.32 Å². The van der Waals surface area contributed by atoms with Gasteiger partial charge in [0.25, 0.3) is 0 Å². The van der Waals surface area contributed by atoms with Crippen molar-refractivity contribution in [1.82, 2.24) is 10.3 Å². The number of nitrogens with one attached hydrogen (secondary N) is 1. The molecule has 0 bridgehead atoms. The van der Waals surface area contributed by atoms with E-state index in [0.717, 1.165) is 42.8 Å². The van der Waals surface area contributed by atoms with Crippen molar-refractivity contribution < 1.29 is 18.7 Å². The van der Waals surface area contributed by atoms with Gasteiger partial charge in [0.15, 0.2) is 0 Å². The average Bonchev–Trinajstić information content (AvgIpc) is 3.14. The second-order valence-electron chi connectivity index (χ2n) is 11.4.